The summed E-state index contributed by atoms with van der Waals surface area (Å²) in [5.41, 5.74) is 4.09. The second kappa shape index (κ2) is 6.98. The van der Waals surface area contributed by atoms with Crippen molar-refractivity contribution in [1.82, 2.24) is 5.32 Å². The molecule has 0 radical (unpaired) electrons. The quantitative estimate of drug-likeness (QED) is 0.428. The molecule has 0 bridgehead atoms. The molecule has 1 rings (SSSR count). The summed E-state index contributed by atoms with van der Waals surface area (Å²) in [7, 11) is 1.63. The van der Waals surface area contributed by atoms with Crippen molar-refractivity contribution in [3.63, 3.8) is 0 Å². The number of benzene rings is 1. The van der Waals surface area contributed by atoms with Crippen molar-refractivity contribution in [2.24, 2.45) is 5.73 Å². The van der Waals surface area contributed by atoms with Gasteiger partial charge in [0.2, 0.25) is 5.91 Å². The number of likely N-dealkylation sites (N-methyl/N-ethyl adjacent to an activating group) is 1. The maximum atomic E-state index is 13.6. The summed E-state index contributed by atoms with van der Waals surface area (Å²) in [4.78, 5) is 21.1. The molecule has 0 saturated heterocycles. The number of nitrogens with one attached hydrogen (secondary N) is 1. The van der Waals surface area contributed by atoms with Crippen LogP contribution in [0.25, 0.3) is 0 Å². The van der Waals surface area contributed by atoms with Crippen molar-refractivity contribution in [3.8, 4) is 5.75 Å². The van der Waals surface area contributed by atoms with Crippen molar-refractivity contribution >= 4 is 11.6 Å². The fourth-order valence-corrected chi connectivity index (χ4v) is 1.70. The minimum atomic E-state index is -0.850. The SMILES string of the molecule is CNC(C)(CCCOc1ccc([N+](=O)[O-])cc1F)C(N)=O. The molecule has 3 N–H and O–H groups in total. The van der Waals surface area contributed by atoms with Gasteiger partial charge in [0.05, 0.1) is 23.1 Å². The number of rotatable bonds is 8. The Kier molecular flexibility index (Phi) is 5.60. The average Bonchev–Trinajstić information content (AvgIpc) is 2.44. The molecular weight excluding hydrogens is 281 g/mol. The minimum absolute atomic E-state index is 0.0640. The molecule has 0 aliphatic rings. The molecule has 0 aliphatic carbocycles. The van der Waals surface area contributed by atoms with Crippen LogP contribution < -0.4 is 15.8 Å². The van der Waals surface area contributed by atoms with Gasteiger partial charge in [0.25, 0.3) is 5.69 Å². The largest absolute Gasteiger partial charge is 0.491 e. The van der Waals surface area contributed by atoms with E-state index in [1.165, 1.54) is 12.1 Å². The van der Waals surface area contributed by atoms with E-state index in [-0.39, 0.29) is 18.0 Å². The number of hydrogen-bond donors (Lipinski definition) is 2. The predicted molar refractivity (Wildman–Crippen MR) is 74.4 cm³/mol. The van der Waals surface area contributed by atoms with Crippen molar-refractivity contribution < 1.29 is 18.8 Å². The number of halogens is 1. The third-order valence-electron chi connectivity index (χ3n) is 3.30. The average molecular weight is 299 g/mol. The fourth-order valence-electron chi connectivity index (χ4n) is 1.70. The number of non-ortho nitro benzene ring substituents is 1. The second-order valence-electron chi connectivity index (χ2n) is 4.77. The van der Waals surface area contributed by atoms with Gasteiger partial charge in [0.15, 0.2) is 11.6 Å². The Bertz CT molecular complexity index is 538. The number of carbonyl (C=O) groups excluding carboxylic acids is 1. The van der Waals surface area contributed by atoms with Gasteiger partial charge in [-0.1, -0.05) is 0 Å². The van der Waals surface area contributed by atoms with Crippen LogP contribution >= 0.6 is 0 Å². The van der Waals surface area contributed by atoms with E-state index in [9.17, 15) is 19.3 Å². The zero-order chi connectivity index (χ0) is 16.0. The summed E-state index contributed by atoms with van der Waals surface area (Å²) < 4.78 is 18.8. The van der Waals surface area contributed by atoms with E-state index in [2.05, 4.69) is 5.32 Å². The molecule has 0 saturated carbocycles. The van der Waals surface area contributed by atoms with E-state index < -0.39 is 22.2 Å². The second-order valence-corrected chi connectivity index (χ2v) is 4.77. The molecular formula is C13H18FN3O4. The number of hydrogen-bond acceptors (Lipinski definition) is 5. The smallest absolute Gasteiger partial charge is 0.272 e. The zero-order valence-corrected chi connectivity index (χ0v) is 11.9. The third kappa shape index (κ3) is 4.38. The van der Waals surface area contributed by atoms with Crippen molar-refractivity contribution in [2.45, 2.75) is 25.3 Å². The Hall–Kier alpha value is -2.22. The summed E-state index contributed by atoms with van der Waals surface area (Å²) in [6, 6.07) is 3.18. The molecule has 0 spiro atoms. The zero-order valence-electron chi connectivity index (χ0n) is 11.9. The summed E-state index contributed by atoms with van der Waals surface area (Å²) in [6.45, 7) is 1.83. The number of nitrogens with two attached hydrogens (primary N) is 1. The number of carbonyl (C=O) groups is 1. The van der Waals surface area contributed by atoms with Gasteiger partial charge in [-0.25, -0.2) is 4.39 Å². The molecule has 1 amide bonds. The van der Waals surface area contributed by atoms with Crippen molar-refractivity contribution in [3.05, 3.63) is 34.1 Å². The summed E-state index contributed by atoms with van der Waals surface area (Å²) in [5, 5.41) is 13.3. The first-order valence-electron chi connectivity index (χ1n) is 6.35. The van der Waals surface area contributed by atoms with Gasteiger partial charge >= 0.3 is 0 Å². The maximum Gasteiger partial charge on any atom is 0.272 e. The van der Waals surface area contributed by atoms with Gasteiger partial charge in [0, 0.05) is 6.07 Å². The molecule has 0 fully saturated rings. The number of ether oxygens (including phenoxy) is 1. The Morgan fingerprint density at radius 2 is 2.24 bits per heavy atom. The number of primary amides is 1. The highest BCUT2D eigenvalue weighted by molar-refractivity contribution is 5.84. The monoisotopic (exact) mass is 299 g/mol. The Labute approximate surface area is 121 Å². The molecule has 1 aromatic rings. The molecule has 1 unspecified atom stereocenters. The first-order chi connectivity index (χ1) is 9.80. The first-order valence-corrected chi connectivity index (χ1v) is 6.35. The standard InChI is InChI=1S/C13H18FN3O4/c1-13(16-2,12(15)18)6-3-7-21-11-5-4-9(17(19)20)8-10(11)14/h4-5,8,16H,3,6-7H2,1-2H3,(H2,15,18). The van der Waals surface area contributed by atoms with Crippen molar-refractivity contribution in [1.29, 1.82) is 0 Å². The molecule has 8 heteroatoms. The number of nitro benzene ring substituents is 1. The predicted octanol–water partition coefficient (Wildman–Crippen LogP) is 1.36. The number of nitro groups is 1. The summed E-state index contributed by atoms with van der Waals surface area (Å²) in [6.07, 6.45) is 0.893. The van der Waals surface area contributed by atoms with Gasteiger partial charge in [-0.15, -0.1) is 0 Å². The lowest BCUT2D eigenvalue weighted by Gasteiger charge is -2.25. The van der Waals surface area contributed by atoms with Gasteiger partial charge in [-0.3, -0.25) is 14.9 Å². The van der Waals surface area contributed by atoms with Crippen molar-refractivity contribution in [2.75, 3.05) is 13.7 Å². The lowest BCUT2D eigenvalue weighted by Crippen LogP contribution is -2.51. The maximum absolute atomic E-state index is 13.6. The van der Waals surface area contributed by atoms with E-state index in [0.29, 0.717) is 12.8 Å². The van der Waals surface area contributed by atoms with Crippen LogP contribution in [0, 0.1) is 15.9 Å². The van der Waals surface area contributed by atoms with Gasteiger partial charge < -0.3 is 15.8 Å². The highest BCUT2D eigenvalue weighted by atomic mass is 19.1. The van der Waals surface area contributed by atoms with Crippen LogP contribution in [0.2, 0.25) is 0 Å². The highest BCUT2D eigenvalue weighted by Gasteiger charge is 2.28. The van der Waals surface area contributed by atoms with E-state index in [1.807, 2.05) is 0 Å². The molecule has 7 nitrogen and oxygen atoms in total. The topological polar surface area (TPSA) is 107 Å². The minimum Gasteiger partial charge on any atom is -0.491 e. The number of nitrogens with zero attached hydrogens (tertiary/aromatic N) is 1. The van der Waals surface area contributed by atoms with Crippen LogP contribution in [-0.4, -0.2) is 30.0 Å². The molecule has 116 valence electrons. The van der Waals surface area contributed by atoms with Crippen LogP contribution in [0.5, 0.6) is 5.75 Å². The van der Waals surface area contributed by atoms with Crippen LogP contribution in [0.4, 0.5) is 10.1 Å². The van der Waals surface area contributed by atoms with E-state index in [1.54, 1.807) is 14.0 Å². The Balaban J connectivity index is 2.53. The molecule has 21 heavy (non-hydrogen) atoms. The fraction of sp³-hybridized carbons (Fsp3) is 0.462. The van der Waals surface area contributed by atoms with E-state index in [0.717, 1.165) is 6.07 Å². The van der Waals surface area contributed by atoms with Gasteiger partial charge in [-0.2, -0.15) is 0 Å². The highest BCUT2D eigenvalue weighted by Crippen LogP contribution is 2.23. The summed E-state index contributed by atoms with van der Waals surface area (Å²) in [5.74, 6) is -1.34. The van der Waals surface area contributed by atoms with Crippen LogP contribution in [0.3, 0.4) is 0 Å². The Morgan fingerprint density at radius 3 is 2.71 bits per heavy atom. The number of amides is 1. The first kappa shape index (κ1) is 16.8. The lowest BCUT2D eigenvalue weighted by molar-refractivity contribution is -0.385. The van der Waals surface area contributed by atoms with E-state index >= 15 is 0 Å². The molecule has 0 aliphatic heterocycles. The van der Waals surface area contributed by atoms with Crippen LogP contribution in [0.1, 0.15) is 19.8 Å². The Morgan fingerprint density at radius 1 is 1.57 bits per heavy atom. The molecule has 1 aromatic carbocycles. The molecule has 0 aromatic heterocycles. The molecule has 1 atom stereocenters. The van der Waals surface area contributed by atoms with Crippen LogP contribution in [-0.2, 0) is 4.79 Å². The van der Waals surface area contributed by atoms with Gasteiger partial charge in [0.1, 0.15) is 0 Å². The van der Waals surface area contributed by atoms with Crippen LogP contribution in [0.15, 0.2) is 18.2 Å². The van der Waals surface area contributed by atoms with E-state index in [4.69, 9.17) is 10.5 Å². The third-order valence-corrected chi connectivity index (χ3v) is 3.30. The lowest BCUT2D eigenvalue weighted by atomic mass is 9.95. The van der Waals surface area contributed by atoms with Gasteiger partial charge in [-0.05, 0) is 32.9 Å². The normalized spacial score (nSPS) is 13.5. The summed E-state index contributed by atoms with van der Waals surface area (Å²) >= 11 is 0. The molecule has 0 heterocycles.